The van der Waals surface area contributed by atoms with Crippen LogP contribution in [-0.2, 0) is 4.74 Å². The molecule has 0 spiro atoms. The Morgan fingerprint density at radius 3 is 1.54 bits per heavy atom. The zero-order chi connectivity index (χ0) is 10.9. The summed E-state index contributed by atoms with van der Waals surface area (Å²) in [6, 6.07) is 0. The lowest BCUT2D eigenvalue weighted by atomic mass is 9.90. The first-order chi connectivity index (χ1) is 5.55. The van der Waals surface area contributed by atoms with Crippen molar-refractivity contribution in [3.05, 3.63) is 0 Å². The number of rotatable bonds is 2. The van der Waals surface area contributed by atoms with Crippen LogP contribution in [0.1, 0.15) is 34.6 Å². The SMILES string of the molecule is C[C@H](O[C@H](C)C(F)(F)F)C(C)(C)C. The third-order valence-electron chi connectivity index (χ3n) is 2.09. The second-order valence-electron chi connectivity index (χ2n) is 4.33. The average molecular weight is 198 g/mol. The molecule has 0 heterocycles. The van der Waals surface area contributed by atoms with Gasteiger partial charge in [0.05, 0.1) is 6.10 Å². The summed E-state index contributed by atoms with van der Waals surface area (Å²) in [5.41, 5.74) is -0.264. The molecule has 80 valence electrons. The van der Waals surface area contributed by atoms with Crippen LogP contribution in [0.25, 0.3) is 0 Å². The first-order valence-electron chi connectivity index (χ1n) is 4.27. The molecule has 13 heavy (non-hydrogen) atoms. The van der Waals surface area contributed by atoms with Gasteiger partial charge in [0.15, 0.2) is 6.10 Å². The van der Waals surface area contributed by atoms with E-state index in [1.165, 1.54) is 0 Å². The fourth-order valence-electron chi connectivity index (χ4n) is 0.587. The topological polar surface area (TPSA) is 9.23 Å². The monoisotopic (exact) mass is 198 g/mol. The first-order valence-corrected chi connectivity index (χ1v) is 4.27. The van der Waals surface area contributed by atoms with Crippen LogP contribution in [-0.4, -0.2) is 18.4 Å². The molecule has 0 bridgehead atoms. The van der Waals surface area contributed by atoms with Crippen LogP contribution in [0, 0.1) is 5.41 Å². The number of hydrogen-bond donors (Lipinski definition) is 0. The van der Waals surface area contributed by atoms with E-state index in [1.54, 1.807) is 6.92 Å². The molecule has 4 heteroatoms. The Kier molecular flexibility index (Phi) is 3.79. The fourth-order valence-corrected chi connectivity index (χ4v) is 0.587. The molecule has 0 rings (SSSR count). The van der Waals surface area contributed by atoms with Gasteiger partial charge in [-0.05, 0) is 19.3 Å². The predicted molar refractivity (Wildman–Crippen MR) is 45.5 cm³/mol. The van der Waals surface area contributed by atoms with Gasteiger partial charge in [0.1, 0.15) is 0 Å². The highest BCUT2D eigenvalue weighted by Gasteiger charge is 2.39. The minimum atomic E-state index is -4.26. The largest absolute Gasteiger partial charge is 0.414 e. The van der Waals surface area contributed by atoms with Crippen molar-refractivity contribution >= 4 is 0 Å². The second kappa shape index (κ2) is 3.86. The van der Waals surface area contributed by atoms with E-state index in [2.05, 4.69) is 0 Å². The van der Waals surface area contributed by atoms with Gasteiger partial charge in [0.2, 0.25) is 0 Å². The van der Waals surface area contributed by atoms with Gasteiger partial charge in [-0.15, -0.1) is 0 Å². The third kappa shape index (κ3) is 4.50. The number of ether oxygens (including phenoxy) is 1. The smallest absolute Gasteiger partial charge is 0.366 e. The predicted octanol–water partition coefficient (Wildman–Crippen LogP) is 3.39. The van der Waals surface area contributed by atoms with E-state index in [0.29, 0.717) is 0 Å². The van der Waals surface area contributed by atoms with Gasteiger partial charge in [0, 0.05) is 0 Å². The van der Waals surface area contributed by atoms with Crippen molar-refractivity contribution in [3.63, 3.8) is 0 Å². The zero-order valence-corrected chi connectivity index (χ0v) is 8.70. The van der Waals surface area contributed by atoms with Gasteiger partial charge >= 0.3 is 6.18 Å². The first kappa shape index (κ1) is 12.8. The molecule has 0 amide bonds. The molecule has 0 aromatic rings. The second-order valence-corrected chi connectivity index (χ2v) is 4.33. The van der Waals surface area contributed by atoms with Crippen molar-refractivity contribution in [2.45, 2.75) is 53.0 Å². The molecule has 0 radical (unpaired) electrons. The fraction of sp³-hybridized carbons (Fsp3) is 1.00. The minimum Gasteiger partial charge on any atom is -0.366 e. The summed E-state index contributed by atoms with van der Waals surface area (Å²) in [5, 5.41) is 0. The molecule has 2 atom stereocenters. The van der Waals surface area contributed by atoms with Crippen molar-refractivity contribution in [2.24, 2.45) is 5.41 Å². The van der Waals surface area contributed by atoms with E-state index in [4.69, 9.17) is 4.74 Å². The molecule has 0 saturated heterocycles. The van der Waals surface area contributed by atoms with E-state index in [0.717, 1.165) is 6.92 Å². The maximum Gasteiger partial charge on any atom is 0.414 e. The maximum absolute atomic E-state index is 12.1. The lowest BCUT2D eigenvalue weighted by Gasteiger charge is -2.30. The molecule has 0 N–H and O–H groups in total. The van der Waals surface area contributed by atoms with Crippen LogP contribution in [0.15, 0.2) is 0 Å². The molecule has 0 unspecified atom stereocenters. The Morgan fingerprint density at radius 2 is 1.31 bits per heavy atom. The Bertz CT molecular complexity index is 139. The summed E-state index contributed by atoms with van der Waals surface area (Å²) < 4.78 is 41.1. The standard InChI is InChI=1S/C9H17F3O/c1-6(8(3,4)5)13-7(2)9(10,11)12/h6-7H,1-5H3/t6-,7+/m0/s1. The molecular weight excluding hydrogens is 181 g/mol. The van der Waals surface area contributed by atoms with Gasteiger partial charge in [-0.2, -0.15) is 13.2 Å². The van der Waals surface area contributed by atoms with Crippen LogP contribution in [0.2, 0.25) is 0 Å². The lowest BCUT2D eigenvalue weighted by molar-refractivity contribution is -0.233. The molecule has 0 aromatic carbocycles. The summed E-state index contributed by atoms with van der Waals surface area (Å²) >= 11 is 0. The summed E-state index contributed by atoms with van der Waals surface area (Å²) in [6.45, 7) is 8.23. The zero-order valence-electron chi connectivity index (χ0n) is 8.70. The lowest BCUT2D eigenvalue weighted by Crippen LogP contribution is -2.36. The quantitative estimate of drug-likeness (QED) is 0.660. The van der Waals surface area contributed by atoms with Crippen molar-refractivity contribution in [3.8, 4) is 0 Å². The van der Waals surface area contributed by atoms with Crippen LogP contribution in [0.4, 0.5) is 13.2 Å². The van der Waals surface area contributed by atoms with Crippen LogP contribution >= 0.6 is 0 Å². The van der Waals surface area contributed by atoms with Gasteiger partial charge < -0.3 is 4.74 Å². The van der Waals surface area contributed by atoms with E-state index < -0.39 is 18.4 Å². The molecule has 0 fully saturated rings. The van der Waals surface area contributed by atoms with Gasteiger partial charge in [0.25, 0.3) is 0 Å². The number of hydrogen-bond acceptors (Lipinski definition) is 1. The van der Waals surface area contributed by atoms with E-state index in [-0.39, 0.29) is 5.41 Å². The Hall–Kier alpha value is -0.250. The van der Waals surface area contributed by atoms with E-state index in [1.807, 2.05) is 20.8 Å². The van der Waals surface area contributed by atoms with Gasteiger partial charge in [-0.3, -0.25) is 0 Å². The number of alkyl halides is 3. The highest BCUT2D eigenvalue weighted by Crippen LogP contribution is 2.28. The summed E-state index contributed by atoms with van der Waals surface area (Å²) in [6.07, 6.45) is -6.37. The van der Waals surface area contributed by atoms with Gasteiger partial charge in [-0.1, -0.05) is 20.8 Å². The molecule has 0 saturated carbocycles. The molecule has 1 nitrogen and oxygen atoms in total. The number of halogens is 3. The van der Waals surface area contributed by atoms with Crippen molar-refractivity contribution in [1.29, 1.82) is 0 Å². The van der Waals surface area contributed by atoms with Crippen LogP contribution in [0.3, 0.4) is 0 Å². The van der Waals surface area contributed by atoms with Crippen molar-refractivity contribution in [2.75, 3.05) is 0 Å². The minimum absolute atomic E-state index is 0.264. The molecule has 0 aliphatic carbocycles. The average Bonchev–Trinajstić information content (AvgIpc) is 1.82. The Balaban J connectivity index is 4.15. The van der Waals surface area contributed by atoms with E-state index >= 15 is 0 Å². The maximum atomic E-state index is 12.1. The highest BCUT2D eigenvalue weighted by atomic mass is 19.4. The van der Waals surface area contributed by atoms with Crippen molar-refractivity contribution < 1.29 is 17.9 Å². The highest BCUT2D eigenvalue weighted by molar-refractivity contribution is 4.73. The summed E-state index contributed by atoms with van der Waals surface area (Å²) in [5.74, 6) is 0. The summed E-state index contributed by atoms with van der Waals surface area (Å²) in [4.78, 5) is 0. The normalized spacial score (nSPS) is 18.5. The molecular formula is C9H17F3O. The summed E-state index contributed by atoms with van der Waals surface area (Å²) in [7, 11) is 0. The van der Waals surface area contributed by atoms with Gasteiger partial charge in [-0.25, -0.2) is 0 Å². The van der Waals surface area contributed by atoms with Crippen LogP contribution < -0.4 is 0 Å². The molecule has 0 aliphatic heterocycles. The van der Waals surface area contributed by atoms with E-state index in [9.17, 15) is 13.2 Å². The van der Waals surface area contributed by atoms with Crippen LogP contribution in [0.5, 0.6) is 0 Å². The van der Waals surface area contributed by atoms with Crippen molar-refractivity contribution in [1.82, 2.24) is 0 Å². The molecule has 0 aliphatic rings. The molecule has 0 aromatic heterocycles. The third-order valence-corrected chi connectivity index (χ3v) is 2.09. The Labute approximate surface area is 77.3 Å². The Morgan fingerprint density at radius 1 is 0.923 bits per heavy atom.